The first kappa shape index (κ1) is 12.6. The van der Waals surface area contributed by atoms with Crippen LogP contribution in [0.4, 0.5) is 8.78 Å². The van der Waals surface area contributed by atoms with Gasteiger partial charge in [-0.3, -0.25) is 0 Å². The third kappa shape index (κ3) is 3.30. The predicted molar refractivity (Wildman–Crippen MR) is 70.3 cm³/mol. The van der Waals surface area contributed by atoms with Crippen LogP contribution in [0.15, 0.2) is 64.0 Å². The van der Waals surface area contributed by atoms with E-state index in [-0.39, 0.29) is 5.56 Å². The molecule has 17 heavy (non-hydrogen) atoms. The van der Waals surface area contributed by atoms with Crippen molar-refractivity contribution in [1.29, 1.82) is 0 Å². The molecule has 0 aromatic heterocycles. The Morgan fingerprint density at radius 1 is 0.882 bits per heavy atom. The predicted octanol–water partition coefficient (Wildman–Crippen LogP) is 5.29. The normalized spacial score (nSPS) is 11.5. The van der Waals surface area contributed by atoms with Crippen LogP contribution < -0.4 is 0 Å². The Hall–Kier alpha value is -0.870. The Morgan fingerprint density at radius 2 is 1.47 bits per heavy atom. The molecule has 0 amide bonds. The van der Waals surface area contributed by atoms with E-state index in [1.54, 1.807) is 36.4 Å². The maximum Gasteiger partial charge on any atom is 0.323 e. The first-order valence-corrected chi connectivity index (χ1v) is 6.57. The second-order valence-corrected chi connectivity index (χ2v) is 5.54. The van der Waals surface area contributed by atoms with E-state index in [1.165, 1.54) is 12.1 Å². The van der Waals surface area contributed by atoms with Gasteiger partial charge in [0.25, 0.3) is 0 Å². The molecule has 88 valence electrons. The lowest BCUT2D eigenvalue weighted by Gasteiger charge is -2.16. The molecule has 0 fully saturated rings. The summed E-state index contributed by atoms with van der Waals surface area (Å²) in [5, 5.41) is -2.91. The summed E-state index contributed by atoms with van der Waals surface area (Å²) < 4.78 is 28.6. The second-order valence-electron chi connectivity index (χ2n) is 3.44. The summed E-state index contributed by atoms with van der Waals surface area (Å²) in [5.41, 5.74) is 0.00885. The molecule has 2 aromatic rings. The summed E-state index contributed by atoms with van der Waals surface area (Å²) >= 11 is 3.78. The monoisotopic (exact) mass is 314 g/mol. The molecule has 0 unspecified atom stereocenters. The van der Waals surface area contributed by atoms with E-state index in [9.17, 15) is 8.78 Å². The van der Waals surface area contributed by atoms with Gasteiger partial charge in [-0.2, -0.15) is 8.78 Å². The Kier molecular flexibility index (Phi) is 3.84. The minimum atomic E-state index is -2.91. The van der Waals surface area contributed by atoms with Crippen molar-refractivity contribution in [1.82, 2.24) is 0 Å². The highest BCUT2D eigenvalue weighted by atomic mass is 79.9. The molecule has 2 rings (SSSR count). The number of rotatable bonds is 3. The minimum Gasteiger partial charge on any atom is -0.188 e. The topological polar surface area (TPSA) is 0 Å². The van der Waals surface area contributed by atoms with Crippen molar-refractivity contribution in [2.75, 3.05) is 0 Å². The molecular formula is C13H9BrF2S. The smallest absolute Gasteiger partial charge is 0.188 e. The average molecular weight is 315 g/mol. The maximum absolute atomic E-state index is 13.9. The molecule has 0 spiro atoms. The summed E-state index contributed by atoms with van der Waals surface area (Å²) in [4.78, 5) is 0.556. The SMILES string of the molecule is FC(F)(Sc1ccccc1)c1ccc(Br)cc1. The van der Waals surface area contributed by atoms with E-state index < -0.39 is 5.25 Å². The molecule has 0 heterocycles. The van der Waals surface area contributed by atoms with Gasteiger partial charge in [-0.25, -0.2) is 0 Å². The van der Waals surface area contributed by atoms with Gasteiger partial charge in [0.15, 0.2) is 0 Å². The zero-order valence-electron chi connectivity index (χ0n) is 8.74. The van der Waals surface area contributed by atoms with Crippen molar-refractivity contribution in [3.8, 4) is 0 Å². The van der Waals surface area contributed by atoms with Gasteiger partial charge in [0.1, 0.15) is 0 Å². The zero-order valence-corrected chi connectivity index (χ0v) is 11.1. The summed E-state index contributed by atoms with van der Waals surface area (Å²) in [6.07, 6.45) is 0. The maximum atomic E-state index is 13.9. The van der Waals surface area contributed by atoms with Crippen molar-refractivity contribution in [2.24, 2.45) is 0 Å². The van der Waals surface area contributed by atoms with Gasteiger partial charge in [-0.1, -0.05) is 46.3 Å². The highest BCUT2D eigenvalue weighted by Crippen LogP contribution is 2.44. The lowest BCUT2D eigenvalue weighted by atomic mass is 10.2. The van der Waals surface area contributed by atoms with E-state index in [0.29, 0.717) is 16.7 Å². The van der Waals surface area contributed by atoms with Crippen LogP contribution >= 0.6 is 27.7 Å². The molecule has 0 saturated carbocycles. The van der Waals surface area contributed by atoms with Crippen LogP contribution in [0.1, 0.15) is 5.56 Å². The van der Waals surface area contributed by atoms with Crippen LogP contribution in [0, 0.1) is 0 Å². The van der Waals surface area contributed by atoms with Crippen LogP contribution in [0.2, 0.25) is 0 Å². The van der Waals surface area contributed by atoms with Gasteiger partial charge in [-0.05, 0) is 36.0 Å². The molecule has 0 radical (unpaired) electrons. The van der Waals surface area contributed by atoms with E-state index in [0.717, 1.165) is 4.47 Å². The quantitative estimate of drug-likeness (QED) is 0.693. The lowest BCUT2D eigenvalue weighted by molar-refractivity contribution is 0.105. The highest BCUT2D eigenvalue weighted by Gasteiger charge is 2.32. The van der Waals surface area contributed by atoms with Crippen LogP contribution in [0.25, 0.3) is 0 Å². The summed E-state index contributed by atoms with van der Waals surface area (Å²) in [5.74, 6) is 0. The van der Waals surface area contributed by atoms with Crippen molar-refractivity contribution >= 4 is 27.7 Å². The molecule has 2 aromatic carbocycles. The third-order valence-corrected chi connectivity index (χ3v) is 3.70. The Balaban J connectivity index is 2.21. The molecule has 0 aliphatic rings. The molecular weight excluding hydrogens is 306 g/mol. The Bertz CT molecular complexity index is 483. The second kappa shape index (κ2) is 5.19. The van der Waals surface area contributed by atoms with Crippen molar-refractivity contribution < 1.29 is 8.78 Å². The van der Waals surface area contributed by atoms with Gasteiger partial charge >= 0.3 is 5.25 Å². The first-order chi connectivity index (χ1) is 8.08. The molecule has 0 atom stereocenters. The van der Waals surface area contributed by atoms with E-state index in [1.807, 2.05) is 6.07 Å². The number of hydrogen-bond donors (Lipinski definition) is 0. The highest BCUT2D eigenvalue weighted by molar-refractivity contribution is 9.10. The lowest BCUT2D eigenvalue weighted by Crippen LogP contribution is -2.07. The molecule has 0 nitrogen and oxygen atoms in total. The molecule has 0 N–H and O–H groups in total. The van der Waals surface area contributed by atoms with Crippen LogP contribution in [0.3, 0.4) is 0 Å². The number of thioether (sulfide) groups is 1. The number of hydrogen-bond acceptors (Lipinski definition) is 1. The van der Waals surface area contributed by atoms with Crippen LogP contribution in [-0.4, -0.2) is 0 Å². The zero-order chi connectivity index (χ0) is 12.3. The van der Waals surface area contributed by atoms with Crippen molar-refractivity contribution in [3.63, 3.8) is 0 Å². The fourth-order valence-corrected chi connectivity index (χ4v) is 2.45. The molecule has 4 heteroatoms. The number of alkyl halides is 2. The van der Waals surface area contributed by atoms with Gasteiger partial charge in [0.2, 0.25) is 0 Å². The van der Waals surface area contributed by atoms with Crippen molar-refractivity contribution in [2.45, 2.75) is 10.2 Å². The van der Waals surface area contributed by atoms with Crippen LogP contribution in [0.5, 0.6) is 0 Å². The van der Waals surface area contributed by atoms with Gasteiger partial charge in [0, 0.05) is 14.9 Å². The fraction of sp³-hybridized carbons (Fsp3) is 0.0769. The summed E-state index contributed by atoms with van der Waals surface area (Å²) in [7, 11) is 0. The van der Waals surface area contributed by atoms with E-state index in [4.69, 9.17) is 0 Å². The van der Waals surface area contributed by atoms with E-state index >= 15 is 0 Å². The average Bonchev–Trinajstić information content (AvgIpc) is 2.30. The van der Waals surface area contributed by atoms with Gasteiger partial charge < -0.3 is 0 Å². The largest absolute Gasteiger partial charge is 0.323 e. The molecule has 0 bridgehead atoms. The van der Waals surface area contributed by atoms with Gasteiger partial charge in [0.05, 0.1) is 0 Å². The van der Waals surface area contributed by atoms with E-state index in [2.05, 4.69) is 15.9 Å². The first-order valence-electron chi connectivity index (χ1n) is 4.96. The number of benzene rings is 2. The minimum absolute atomic E-state index is 0.00885. The molecule has 0 aliphatic carbocycles. The summed E-state index contributed by atoms with van der Waals surface area (Å²) in [6, 6.07) is 14.8. The summed E-state index contributed by atoms with van der Waals surface area (Å²) in [6.45, 7) is 0. The van der Waals surface area contributed by atoms with Crippen LogP contribution in [-0.2, 0) is 5.25 Å². The number of halogens is 3. The molecule has 0 aliphatic heterocycles. The Labute approximate surface area is 111 Å². The third-order valence-electron chi connectivity index (χ3n) is 2.17. The Morgan fingerprint density at radius 3 is 2.06 bits per heavy atom. The fourth-order valence-electron chi connectivity index (χ4n) is 1.34. The molecule has 0 saturated heterocycles. The standard InChI is InChI=1S/C13H9BrF2S/c14-11-8-6-10(7-9-11)13(15,16)17-12-4-2-1-3-5-12/h1-9H. The van der Waals surface area contributed by atoms with Gasteiger partial charge in [-0.15, -0.1) is 0 Å². The van der Waals surface area contributed by atoms with Crippen molar-refractivity contribution in [3.05, 3.63) is 64.6 Å².